The Morgan fingerprint density at radius 2 is 2.12 bits per heavy atom. The van der Waals surface area contributed by atoms with Gasteiger partial charge in [0.05, 0.1) is 24.0 Å². The SMILES string of the molecule is Cc1cc(Nc2nn(C(CC#N)C3CC3)c3cc[nH]c(=O)c23)ccc1C(=O)N1CC2(CCC2)C1. The van der Waals surface area contributed by atoms with E-state index in [0.29, 0.717) is 29.0 Å². The molecule has 3 aliphatic rings. The Morgan fingerprint density at radius 1 is 1.32 bits per heavy atom. The van der Waals surface area contributed by atoms with Gasteiger partial charge in [0.1, 0.15) is 5.39 Å². The predicted octanol–water partition coefficient (Wildman–Crippen LogP) is 4.27. The van der Waals surface area contributed by atoms with E-state index in [-0.39, 0.29) is 17.5 Å². The summed E-state index contributed by atoms with van der Waals surface area (Å²) in [6.45, 7) is 3.70. The highest BCUT2D eigenvalue weighted by Crippen LogP contribution is 2.48. The van der Waals surface area contributed by atoms with Crippen molar-refractivity contribution in [2.75, 3.05) is 18.4 Å². The maximum atomic E-state index is 13.0. The van der Waals surface area contributed by atoms with Crippen molar-refractivity contribution in [3.8, 4) is 6.07 Å². The van der Waals surface area contributed by atoms with Gasteiger partial charge in [0, 0.05) is 36.0 Å². The number of nitriles is 1. The number of likely N-dealkylation sites (tertiary alicyclic amines) is 1. The average molecular weight is 457 g/mol. The molecule has 2 saturated carbocycles. The summed E-state index contributed by atoms with van der Waals surface area (Å²) in [4.78, 5) is 30.4. The van der Waals surface area contributed by atoms with E-state index in [2.05, 4.69) is 16.4 Å². The van der Waals surface area contributed by atoms with Crippen LogP contribution in [0.5, 0.6) is 0 Å². The van der Waals surface area contributed by atoms with Crippen LogP contribution >= 0.6 is 0 Å². The standard InChI is InChI=1S/C26H28N6O2/c1-16-13-18(5-6-19(16)25(34)31-14-26(15-31)9-2-10-26)29-23-22-21(8-12-28-24(22)33)32(30-23)20(7-11-27)17-3-4-17/h5-6,8,12-13,17,20H,2-4,7,9-10,14-15H2,1H3,(H,28,33)(H,29,30). The van der Waals surface area contributed by atoms with Crippen molar-refractivity contribution in [1.82, 2.24) is 19.7 Å². The number of nitrogens with zero attached hydrogens (tertiary/aromatic N) is 4. The molecule has 1 amide bonds. The average Bonchev–Trinajstić information content (AvgIpc) is 3.52. The number of benzene rings is 1. The van der Waals surface area contributed by atoms with Crippen molar-refractivity contribution in [3.05, 3.63) is 51.9 Å². The molecule has 3 heterocycles. The lowest BCUT2D eigenvalue weighted by atomic mass is 9.63. The fourth-order valence-electron chi connectivity index (χ4n) is 5.66. The van der Waals surface area contributed by atoms with E-state index in [1.165, 1.54) is 19.3 Å². The molecular formula is C26H28N6O2. The number of aromatic amines is 1. The van der Waals surface area contributed by atoms with Gasteiger partial charge in [-0.3, -0.25) is 14.3 Å². The molecule has 1 unspecified atom stereocenters. The number of aromatic nitrogens is 3. The van der Waals surface area contributed by atoms with Crippen LogP contribution in [0.25, 0.3) is 10.9 Å². The summed E-state index contributed by atoms with van der Waals surface area (Å²) in [6, 6.07) is 9.74. The van der Waals surface area contributed by atoms with Gasteiger partial charge in [-0.05, 0) is 68.4 Å². The molecule has 1 aromatic carbocycles. The van der Waals surface area contributed by atoms with Gasteiger partial charge in [0.25, 0.3) is 11.5 Å². The highest BCUT2D eigenvalue weighted by atomic mass is 16.2. The number of nitrogens with one attached hydrogen (secondary N) is 2. The van der Waals surface area contributed by atoms with E-state index in [1.807, 2.05) is 40.8 Å². The minimum atomic E-state index is -0.219. The Morgan fingerprint density at radius 3 is 2.76 bits per heavy atom. The summed E-state index contributed by atoms with van der Waals surface area (Å²) in [5.41, 5.74) is 3.29. The summed E-state index contributed by atoms with van der Waals surface area (Å²) in [7, 11) is 0. The van der Waals surface area contributed by atoms with Crippen LogP contribution in [0.1, 0.15) is 60.5 Å². The first-order valence-electron chi connectivity index (χ1n) is 12.1. The number of anilines is 2. The van der Waals surface area contributed by atoms with Gasteiger partial charge >= 0.3 is 0 Å². The number of H-pyrrole nitrogens is 1. The van der Waals surface area contributed by atoms with Gasteiger partial charge < -0.3 is 15.2 Å². The van der Waals surface area contributed by atoms with Crippen LogP contribution in [0.15, 0.2) is 35.3 Å². The molecule has 2 N–H and O–H groups in total. The van der Waals surface area contributed by atoms with Crippen LogP contribution in [0.2, 0.25) is 0 Å². The van der Waals surface area contributed by atoms with Gasteiger partial charge in [-0.25, -0.2) is 0 Å². The van der Waals surface area contributed by atoms with Gasteiger partial charge in [0.2, 0.25) is 0 Å². The molecule has 2 aliphatic carbocycles. The Labute approximate surface area is 197 Å². The number of fused-ring (bicyclic) bond motifs is 1. The summed E-state index contributed by atoms with van der Waals surface area (Å²) in [6.07, 6.45) is 7.91. The molecule has 2 aromatic heterocycles. The molecule has 0 radical (unpaired) electrons. The first-order chi connectivity index (χ1) is 16.5. The number of rotatable bonds is 6. The first-order valence-corrected chi connectivity index (χ1v) is 12.1. The minimum absolute atomic E-state index is 0.0397. The van der Waals surface area contributed by atoms with Gasteiger partial charge in [-0.15, -0.1) is 0 Å². The number of carbonyl (C=O) groups is 1. The molecule has 3 aromatic rings. The normalized spacial score (nSPS) is 19.4. The van der Waals surface area contributed by atoms with E-state index in [9.17, 15) is 14.9 Å². The zero-order valence-corrected chi connectivity index (χ0v) is 19.3. The van der Waals surface area contributed by atoms with Crippen molar-refractivity contribution >= 4 is 28.3 Å². The summed E-state index contributed by atoms with van der Waals surface area (Å²) in [5.74, 6) is 0.980. The van der Waals surface area contributed by atoms with Crippen LogP contribution < -0.4 is 10.9 Å². The number of carbonyl (C=O) groups excluding carboxylic acids is 1. The lowest BCUT2D eigenvalue weighted by Gasteiger charge is -2.56. The second kappa shape index (κ2) is 7.73. The van der Waals surface area contributed by atoms with Crippen LogP contribution in [-0.4, -0.2) is 38.7 Å². The van der Waals surface area contributed by atoms with Crippen molar-refractivity contribution < 1.29 is 4.79 Å². The van der Waals surface area contributed by atoms with Crippen LogP contribution in [0, 0.1) is 29.6 Å². The summed E-state index contributed by atoms with van der Waals surface area (Å²) in [5, 5.41) is 17.9. The van der Waals surface area contributed by atoms with Crippen LogP contribution in [0.3, 0.4) is 0 Å². The van der Waals surface area contributed by atoms with Crippen LogP contribution in [0.4, 0.5) is 11.5 Å². The largest absolute Gasteiger partial charge is 0.338 e. The topological polar surface area (TPSA) is 107 Å². The maximum absolute atomic E-state index is 13.0. The Balaban J connectivity index is 1.28. The molecule has 1 saturated heterocycles. The lowest BCUT2D eigenvalue weighted by molar-refractivity contribution is -0.0426. The molecule has 1 atom stereocenters. The Kier molecular flexibility index (Phi) is 4.76. The van der Waals surface area contributed by atoms with Crippen molar-refractivity contribution in [2.45, 2.75) is 51.5 Å². The fourth-order valence-corrected chi connectivity index (χ4v) is 5.66. The quantitative estimate of drug-likeness (QED) is 0.576. The molecule has 34 heavy (non-hydrogen) atoms. The number of pyridine rings is 1. The van der Waals surface area contributed by atoms with E-state index in [4.69, 9.17) is 5.10 Å². The minimum Gasteiger partial charge on any atom is -0.338 e. The fraction of sp³-hybridized carbons (Fsp3) is 0.462. The Hall–Kier alpha value is -3.60. The number of hydrogen-bond acceptors (Lipinski definition) is 5. The molecule has 8 heteroatoms. The maximum Gasteiger partial charge on any atom is 0.261 e. The van der Waals surface area contributed by atoms with Gasteiger partial charge in [-0.1, -0.05) is 6.42 Å². The molecule has 6 rings (SSSR count). The van der Waals surface area contributed by atoms with E-state index in [1.54, 1.807) is 6.20 Å². The molecule has 1 spiro atoms. The zero-order chi connectivity index (χ0) is 23.4. The van der Waals surface area contributed by atoms with E-state index < -0.39 is 0 Å². The molecular weight excluding hydrogens is 428 g/mol. The number of aryl methyl sites for hydroxylation is 1. The summed E-state index contributed by atoms with van der Waals surface area (Å²) >= 11 is 0. The van der Waals surface area contributed by atoms with Gasteiger partial charge in [0.15, 0.2) is 5.82 Å². The monoisotopic (exact) mass is 456 g/mol. The third-order valence-corrected chi connectivity index (χ3v) is 7.88. The third kappa shape index (κ3) is 3.38. The second-order valence-corrected chi connectivity index (χ2v) is 10.3. The predicted molar refractivity (Wildman–Crippen MR) is 129 cm³/mol. The van der Waals surface area contributed by atoms with Gasteiger partial charge in [-0.2, -0.15) is 10.4 Å². The Bertz CT molecular complexity index is 1380. The smallest absolute Gasteiger partial charge is 0.261 e. The molecule has 0 bridgehead atoms. The lowest BCUT2D eigenvalue weighted by Crippen LogP contribution is -2.61. The van der Waals surface area contributed by atoms with Crippen molar-refractivity contribution in [2.24, 2.45) is 11.3 Å². The van der Waals surface area contributed by atoms with Crippen molar-refractivity contribution in [3.63, 3.8) is 0 Å². The van der Waals surface area contributed by atoms with Crippen molar-refractivity contribution in [1.29, 1.82) is 5.26 Å². The highest BCUT2D eigenvalue weighted by molar-refractivity contribution is 5.97. The number of hydrogen-bond donors (Lipinski definition) is 2. The second-order valence-electron chi connectivity index (χ2n) is 10.3. The summed E-state index contributed by atoms with van der Waals surface area (Å²) < 4.78 is 1.85. The zero-order valence-electron chi connectivity index (χ0n) is 19.3. The van der Waals surface area contributed by atoms with E-state index >= 15 is 0 Å². The highest BCUT2D eigenvalue weighted by Gasteiger charge is 2.49. The number of amides is 1. The molecule has 8 nitrogen and oxygen atoms in total. The molecule has 174 valence electrons. The molecule has 3 fully saturated rings. The van der Waals surface area contributed by atoms with E-state index in [0.717, 1.165) is 48.3 Å². The first kappa shape index (κ1) is 21.0. The third-order valence-electron chi connectivity index (χ3n) is 7.88. The molecule has 1 aliphatic heterocycles. The van der Waals surface area contributed by atoms with Crippen LogP contribution in [-0.2, 0) is 0 Å².